The second-order valence-electron chi connectivity index (χ2n) is 6.72. The van der Waals surface area contributed by atoms with E-state index in [1.54, 1.807) is 7.11 Å². The van der Waals surface area contributed by atoms with Gasteiger partial charge in [0.1, 0.15) is 5.75 Å². The molecule has 0 saturated carbocycles. The molecular formula is C23H23N3O5. The summed E-state index contributed by atoms with van der Waals surface area (Å²) in [6, 6.07) is 19.4. The minimum atomic E-state index is -0.771. The fraction of sp³-hybridized carbons (Fsp3) is 0.217. The van der Waals surface area contributed by atoms with Gasteiger partial charge < -0.3 is 14.8 Å². The van der Waals surface area contributed by atoms with Crippen molar-refractivity contribution in [1.29, 1.82) is 0 Å². The van der Waals surface area contributed by atoms with Crippen molar-refractivity contribution in [2.45, 2.75) is 13.0 Å². The number of hydrogen-bond acceptors (Lipinski definition) is 6. The van der Waals surface area contributed by atoms with Gasteiger partial charge in [0.2, 0.25) is 0 Å². The Morgan fingerprint density at radius 2 is 1.71 bits per heavy atom. The van der Waals surface area contributed by atoms with Gasteiger partial charge in [-0.1, -0.05) is 42.5 Å². The first kappa shape index (κ1) is 21.8. The minimum absolute atomic E-state index is 0.0402. The van der Waals surface area contributed by atoms with Crippen molar-refractivity contribution in [1.82, 2.24) is 15.1 Å². The molecule has 0 saturated heterocycles. The maximum absolute atomic E-state index is 12.2. The van der Waals surface area contributed by atoms with Gasteiger partial charge in [0.15, 0.2) is 12.3 Å². The van der Waals surface area contributed by atoms with E-state index in [0.717, 1.165) is 16.9 Å². The highest BCUT2D eigenvalue weighted by Crippen LogP contribution is 2.11. The largest absolute Gasteiger partial charge is 0.497 e. The SMILES string of the molecule is COc1ccc(CCNC(=O)COC(=O)c2ccc(=O)n(Cc3ccccc3)n2)cc1. The number of aromatic nitrogens is 2. The van der Waals surface area contributed by atoms with E-state index in [2.05, 4.69) is 10.4 Å². The standard InChI is InChI=1S/C23H23N3O5/c1-30-19-9-7-17(8-10-19)13-14-24-21(27)16-31-23(29)20-11-12-22(28)26(25-20)15-18-5-3-2-4-6-18/h2-12H,13-16H2,1H3,(H,24,27). The third-order valence-electron chi connectivity index (χ3n) is 4.48. The second kappa shape index (κ2) is 10.7. The van der Waals surface area contributed by atoms with Gasteiger partial charge in [-0.25, -0.2) is 9.48 Å². The first-order chi connectivity index (χ1) is 15.0. The molecule has 3 rings (SSSR count). The number of rotatable bonds is 9. The summed E-state index contributed by atoms with van der Waals surface area (Å²) >= 11 is 0. The van der Waals surface area contributed by atoms with Crippen LogP contribution in [0.15, 0.2) is 71.5 Å². The van der Waals surface area contributed by atoms with Crippen LogP contribution in [0.1, 0.15) is 21.6 Å². The molecule has 0 aliphatic heterocycles. The first-order valence-electron chi connectivity index (χ1n) is 9.74. The van der Waals surface area contributed by atoms with Crippen molar-refractivity contribution in [2.24, 2.45) is 0 Å². The number of nitrogens with one attached hydrogen (secondary N) is 1. The number of hydrogen-bond donors (Lipinski definition) is 1. The average Bonchev–Trinajstić information content (AvgIpc) is 2.80. The van der Waals surface area contributed by atoms with Crippen LogP contribution in [0.2, 0.25) is 0 Å². The molecule has 1 N–H and O–H groups in total. The summed E-state index contributed by atoms with van der Waals surface area (Å²) < 4.78 is 11.3. The summed E-state index contributed by atoms with van der Waals surface area (Å²) in [5.41, 5.74) is 1.54. The van der Waals surface area contributed by atoms with Gasteiger partial charge in [0.05, 0.1) is 13.7 Å². The second-order valence-corrected chi connectivity index (χ2v) is 6.72. The maximum atomic E-state index is 12.2. The number of carbonyl (C=O) groups is 2. The molecule has 0 radical (unpaired) electrons. The summed E-state index contributed by atoms with van der Waals surface area (Å²) in [5.74, 6) is -0.421. The molecule has 0 unspecified atom stereocenters. The van der Waals surface area contributed by atoms with Crippen LogP contribution in [-0.4, -0.2) is 41.9 Å². The van der Waals surface area contributed by atoms with E-state index < -0.39 is 18.5 Å². The van der Waals surface area contributed by atoms with E-state index in [-0.39, 0.29) is 17.8 Å². The molecule has 2 aromatic carbocycles. The summed E-state index contributed by atoms with van der Waals surface area (Å²) in [7, 11) is 1.60. The van der Waals surface area contributed by atoms with Gasteiger partial charge in [0.25, 0.3) is 11.5 Å². The normalized spacial score (nSPS) is 10.4. The van der Waals surface area contributed by atoms with Crippen molar-refractivity contribution >= 4 is 11.9 Å². The van der Waals surface area contributed by atoms with Gasteiger partial charge in [-0.3, -0.25) is 9.59 Å². The molecule has 0 aliphatic carbocycles. The molecule has 0 aliphatic rings. The van der Waals surface area contributed by atoms with Crippen LogP contribution in [0.4, 0.5) is 0 Å². The zero-order valence-corrected chi connectivity index (χ0v) is 17.1. The van der Waals surface area contributed by atoms with E-state index in [4.69, 9.17) is 9.47 Å². The van der Waals surface area contributed by atoms with Crippen molar-refractivity contribution in [3.05, 3.63) is 93.9 Å². The molecule has 1 aromatic heterocycles. The Morgan fingerprint density at radius 1 is 0.968 bits per heavy atom. The first-order valence-corrected chi connectivity index (χ1v) is 9.74. The Morgan fingerprint density at radius 3 is 2.42 bits per heavy atom. The summed E-state index contributed by atoms with van der Waals surface area (Å²) in [6.07, 6.45) is 0.635. The minimum Gasteiger partial charge on any atom is -0.497 e. The predicted octanol–water partition coefficient (Wildman–Crippen LogP) is 1.82. The highest BCUT2D eigenvalue weighted by Gasteiger charge is 2.13. The lowest BCUT2D eigenvalue weighted by Gasteiger charge is -2.08. The summed E-state index contributed by atoms with van der Waals surface area (Å²) in [6.45, 7) is 0.205. The van der Waals surface area contributed by atoms with Crippen molar-refractivity contribution in [2.75, 3.05) is 20.3 Å². The molecule has 8 nitrogen and oxygen atoms in total. The van der Waals surface area contributed by atoms with Gasteiger partial charge in [0, 0.05) is 12.6 Å². The lowest BCUT2D eigenvalue weighted by Crippen LogP contribution is -2.31. The van der Waals surface area contributed by atoms with E-state index in [0.29, 0.717) is 13.0 Å². The number of nitrogens with zero attached hydrogens (tertiary/aromatic N) is 2. The van der Waals surface area contributed by atoms with E-state index in [1.165, 1.54) is 16.8 Å². The monoisotopic (exact) mass is 421 g/mol. The number of amides is 1. The average molecular weight is 421 g/mol. The quantitative estimate of drug-likeness (QED) is 0.529. The third kappa shape index (κ3) is 6.53. The Bertz CT molecular complexity index is 1080. The van der Waals surface area contributed by atoms with E-state index in [1.807, 2.05) is 54.6 Å². The fourth-order valence-electron chi connectivity index (χ4n) is 2.82. The smallest absolute Gasteiger partial charge is 0.359 e. The van der Waals surface area contributed by atoms with Crippen LogP contribution in [0.3, 0.4) is 0 Å². The molecule has 8 heteroatoms. The molecule has 0 atom stereocenters. The van der Waals surface area contributed by atoms with Gasteiger partial charge in [-0.15, -0.1) is 0 Å². The third-order valence-corrected chi connectivity index (χ3v) is 4.48. The molecule has 31 heavy (non-hydrogen) atoms. The van der Waals surface area contributed by atoms with Crippen LogP contribution in [0, 0.1) is 0 Å². The lowest BCUT2D eigenvalue weighted by molar-refractivity contribution is -0.124. The van der Waals surface area contributed by atoms with E-state index in [9.17, 15) is 14.4 Å². The predicted molar refractivity (Wildman–Crippen MR) is 114 cm³/mol. The van der Waals surface area contributed by atoms with Gasteiger partial charge >= 0.3 is 5.97 Å². The van der Waals surface area contributed by atoms with Crippen molar-refractivity contribution in [3.8, 4) is 5.75 Å². The fourth-order valence-corrected chi connectivity index (χ4v) is 2.82. The number of esters is 1. The topological polar surface area (TPSA) is 99.5 Å². The van der Waals surface area contributed by atoms with Crippen LogP contribution in [0.5, 0.6) is 5.75 Å². The molecular weight excluding hydrogens is 398 g/mol. The van der Waals surface area contributed by atoms with Crippen molar-refractivity contribution in [3.63, 3.8) is 0 Å². The highest BCUT2D eigenvalue weighted by molar-refractivity contribution is 5.89. The van der Waals surface area contributed by atoms with Gasteiger partial charge in [-0.2, -0.15) is 5.10 Å². The van der Waals surface area contributed by atoms with Crippen LogP contribution < -0.4 is 15.6 Å². The molecule has 1 heterocycles. The molecule has 0 fully saturated rings. The molecule has 1 amide bonds. The van der Waals surface area contributed by atoms with Crippen LogP contribution in [-0.2, 0) is 22.5 Å². The van der Waals surface area contributed by atoms with E-state index >= 15 is 0 Å². The number of carbonyl (C=O) groups excluding carboxylic acids is 2. The molecule has 0 bridgehead atoms. The Kier molecular flexibility index (Phi) is 7.53. The summed E-state index contributed by atoms with van der Waals surface area (Å²) in [5, 5.41) is 6.75. The lowest BCUT2D eigenvalue weighted by atomic mass is 10.1. The van der Waals surface area contributed by atoms with Gasteiger partial charge in [-0.05, 0) is 35.7 Å². The van der Waals surface area contributed by atoms with Crippen molar-refractivity contribution < 1.29 is 19.1 Å². The highest BCUT2D eigenvalue weighted by atomic mass is 16.5. The zero-order chi connectivity index (χ0) is 22.1. The molecule has 3 aromatic rings. The number of ether oxygens (including phenoxy) is 2. The summed E-state index contributed by atoms with van der Waals surface area (Å²) in [4.78, 5) is 36.2. The Hall–Kier alpha value is -3.94. The molecule has 0 spiro atoms. The Labute approximate surface area is 179 Å². The van der Waals surface area contributed by atoms with Crippen LogP contribution in [0.25, 0.3) is 0 Å². The Balaban J connectivity index is 1.47. The number of benzene rings is 2. The van der Waals surface area contributed by atoms with Crippen LogP contribution >= 0.6 is 0 Å². The molecule has 160 valence electrons. The zero-order valence-electron chi connectivity index (χ0n) is 17.1. The number of methoxy groups -OCH3 is 1. The maximum Gasteiger partial charge on any atom is 0.359 e.